The van der Waals surface area contributed by atoms with E-state index in [0.717, 1.165) is 12.2 Å². The van der Waals surface area contributed by atoms with Gasteiger partial charge in [-0.1, -0.05) is 0 Å². The lowest BCUT2D eigenvalue weighted by Gasteiger charge is -2.01. The summed E-state index contributed by atoms with van der Waals surface area (Å²) in [5.41, 5.74) is 1.48. The summed E-state index contributed by atoms with van der Waals surface area (Å²) in [7, 11) is 0. The summed E-state index contributed by atoms with van der Waals surface area (Å²) in [6.07, 6.45) is 3.76. The maximum absolute atomic E-state index is 11.4. The molecule has 1 aromatic rings. The Labute approximate surface area is 93.0 Å². The first-order valence-corrected chi connectivity index (χ1v) is 5.10. The van der Waals surface area contributed by atoms with Crippen LogP contribution in [0.3, 0.4) is 0 Å². The molecule has 2 rings (SSSR count). The molecule has 1 aromatic heterocycles. The van der Waals surface area contributed by atoms with Gasteiger partial charge in [-0.05, 0) is 37.4 Å². The van der Waals surface area contributed by atoms with Crippen molar-refractivity contribution < 1.29 is 4.79 Å². The van der Waals surface area contributed by atoms with E-state index in [1.165, 1.54) is 0 Å². The predicted octanol–water partition coefficient (Wildman–Crippen LogP) is 0.853. The fourth-order valence-electron chi connectivity index (χ4n) is 1.48. The fourth-order valence-corrected chi connectivity index (χ4v) is 1.68. The van der Waals surface area contributed by atoms with Crippen molar-refractivity contribution in [2.24, 2.45) is 0 Å². The van der Waals surface area contributed by atoms with Crippen molar-refractivity contribution >= 4 is 29.3 Å². The molecule has 0 aliphatic carbocycles. The number of nitrogens with one attached hydrogen (secondary N) is 2. The van der Waals surface area contributed by atoms with Gasteiger partial charge in [-0.25, -0.2) is 0 Å². The van der Waals surface area contributed by atoms with Crippen LogP contribution in [0.1, 0.15) is 12.6 Å². The molecule has 15 heavy (non-hydrogen) atoms. The van der Waals surface area contributed by atoms with Crippen LogP contribution in [0.5, 0.6) is 0 Å². The maximum Gasteiger partial charge on any atom is 0.273 e. The number of rotatable bonds is 2. The van der Waals surface area contributed by atoms with Crippen molar-refractivity contribution in [1.82, 2.24) is 15.2 Å². The molecule has 0 atom stereocenters. The molecular formula is C10H11N3OS. The van der Waals surface area contributed by atoms with Crippen molar-refractivity contribution in [3.05, 3.63) is 29.7 Å². The minimum absolute atomic E-state index is 0.177. The molecule has 5 heteroatoms. The number of hydrogen-bond acceptors (Lipinski definition) is 2. The van der Waals surface area contributed by atoms with Crippen molar-refractivity contribution in [2.45, 2.75) is 13.5 Å². The molecule has 0 unspecified atom stereocenters. The van der Waals surface area contributed by atoms with Gasteiger partial charge < -0.3 is 9.88 Å². The molecular weight excluding hydrogens is 210 g/mol. The van der Waals surface area contributed by atoms with Crippen LogP contribution in [-0.4, -0.2) is 15.6 Å². The fraction of sp³-hybridized carbons (Fsp3) is 0.200. The van der Waals surface area contributed by atoms with Gasteiger partial charge in [-0.15, -0.1) is 0 Å². The minimum Gasteiger partial charge on any atom is -0.348 e. The monoisotopic (exact) mass is 221 g/mol. The molecule has 1 aliphatic heterocycles. The molecule has 1 fully saturated rings. The Kier molecular flexibility index (Phi) is 2.55. The Morgan fingerprint density at radius 3 is 2.93 bits per heavy atom. The van der Waals surface area contributed by atoms with E-state index in [2.05, 4.69) is 17.6 Å². The van der Waals surface area contributed by atoms with Crippen LogP contribution < -0.4 is 10.6 Å². The molecule has 0 bridgehead atoms. The predicted molar refractivity (Wildman–Crippen MR) is 62.0 cm³/mol. The molecule has 0 radical (unpaired) electrons. The van der Waals surface area contributed by atoms with E-state index in [4.69, 9.17) is 12.2 Å². The van der Waals surface area contributed by atoms with E-state index in [0.29, 0.717) is 10.8 Å². The van der Waals surface area contributed by atoms with Crippen molar-refractivity contribution in [1.29, 1.82) is 0 Å². The first kappa shape index (κ1) is 9.92. The van der Waals surface area contributed by atoms with Crippen LogP contribution in [-0.2, 0) is 11.3 Å². The van der Waals surface area contributed by atoms with Crippen LogP contribution in [0.4, 0.5) is 0 Å². The third kappa shape index (κ3) is 1.92. The Morgan fingerprint density at radius 2 is 2.33 bits per heavy atom. The smallest absolute Gasteiger partial charge is 0.273 e. The molecule has 1 amide bonds. The number of hydrogen-bond donors (Lipinski definition) is 2. The lowest BCUT2D eigenvalue weighted by Crippen LogP contribution is -2.21. The van der Waals surface area contributed by atoms with Gasteiger partial charge in [0.15, 0.2) is 5.11 Å². The Balaban J connectivity index is 2.30. The minimum atomic E-state index is -0.177. The van der Waals surface area contributed by atoms with Crippen LogP contribution in [0, 0.1) is 0 Å². The highest BCUT2D eigenvalue weighted by molar-refractivity contribution is 7.80. The van der Waals surface area contributed by atoms with Crippen LogP contribution in [0.2, 0.25) is 0 Å². The summed E-state index contributed by atoms with van der Waals surface area (Å²) in [5.74, 6) is -0.177. The second-order valence-corrected chi connectivity index (χ2v) is 3.59. The highest BCUT2D eigenvalue weighted by Crippen LogP contribution is 2.09. The molecule has 2 N–H and O–H groups in total. The third-order valence-corrected chi connectivity index (χ3v) is 2.42. The SMILES string of the molecule is CCn1cccc1/C=C1/NC(=S)NC1=O. The summed E-state index contributed by atoms with van der Waals surface area (Å²) in [4.78, 5) is 11.4. The maximum atomic E-state index is 11.4. The largest absolute Gasteiger partial charge is 0.348 e. The number of aryl methyl sites for hydroxylation is 1. The van der Waals surface area contributed by atoms with Gasteiger partial charge in [0.1, 0.15) is 5.70 Å². The summed E-state index contributed by atoms with van der Waals surface area (Å²) >= 11 is 4.84. The zero-order valence-corrected chi connectivity index (χ0v) is 9.10. The molecule has 2 heterocycles. The lowest BCUT2D eigenvalue weighted by molar-refractivity contribution is -0.115. The van der Waals surface area contributed by atoms with E-state index in [-0.39, 0.29) is 5.91 Å². The summed E-state index contributed by atoms with van der Waals surface area (Å²) in [6.45, 7) is 2.92. The normalized spacial score (nSPS) is 18.1. The highest BCUT2D eigenvalue weighted by atomic mass is 32.1. The zero-order valence-electron chi connectivity index (χ0n) is 8.28. The second kappa shape index (κ2) is 3.86. The van der Waals surface area contributed by atoms with Gasteiger partial charge in [0.05, 0.1) is 0 Å². The molecule has 0 spiro atoms. The lowest BCUT2D eigenvalue weighted by atomic mass is 10.3. The van der Waals surface area contributed by atoms with Crippen molar-refractivity contribution in [2.75, 3.05) is 0 Å². The second-order valence-electron chi connectivity index (χ2n) is 3.19. The number of amides is 1. The van der Waals surface area contributed by atoms with Gasteiger partial charge >= 0.3 is 0 Å². The van der Waals surface area contributed by atoms with Crippen molar-refractivity contribution in [3.63, 3.8) is 0 Å². The number of thiocarbonyl (C=S) groups is 1. The summed E-state index contributed by atoms with van der Waals surface area (Å²) in [6, 6.07) is 3.90. The topological polar surface area (TPSA) is 46.1 Å². The van der Waals surface area contributed by atoms with Crippen LogP contribution >= 0.6 is 12.2 Å². The number of carbonyl (C=O) groups is 1. The molecule has 1 aliphatic rings. The number of aromatic nitrogens is 1. The van der Waals surface area contributed by atoms with Gasteiger partial charge in [0, 0.05) is 18.4 Å². The first-order chi connectivity index (χ1) is 7.20. The van der Waals surface area contributed by atoms with Crippen LogP contribution in [0.15, 0.2) is 24.0 Å². The molecule has 0 aromatic carbocycles. The van der Waals surface area contributed by atoms with E-state index in [1.807, 2.05) is 22.9 Å². The molecule has 78 valence electrons. The van der Waals surface area contributed by atoms with E-state index in [9.17, 15) is 4.79 Å². The Bertz CT molecular complexity index is 447. The van der Waals surface area contributed by atoms with Gasteiger partial charge in [-0.2, -0.15) is 0 Å². The molecule has 0 saturated carbocycles. The van der Waals surface area contributed by atoms with Gasteiger partial charge in [-0.3, -0.25) is 10.1 Å². The zero-order chi connectivity index (χ0) is 10.8. The standard InChI is InChI=1S/C10H11N3OS/c1-2-13-5-3-4-7(13)6-8-9(14)12-10(15)11-8/h3-6H,2H2,1H3,(H2,11,12,14,15)/b8-6+. The van der Waals surface area contributed by atoms with Crippen LogP contribution in [0.25, 0.3) is 6.08 Å². The first-order valence-electron chi connectivity index (χ1n) is 4.70. The number of carbonyl (C=O) groups excluding carboxylic acids is 1. The van der Waals surface area contributed by atoms with Gasteiger partial charge in [0.2, 0.25) is 0 Å². The summed E-state index contributed by atoms with van der Waals surface area (Å²) in [5, 5.41) is 5.69. The number of nitrogens with zero attached hydrogens (tertiary/aromatic N) is 1. The Morgan fingerprint density at radius 1 is 1.53 bits per heavy atom. The quantitative estimate of drug-likeness (QED) is 0.575. The van der Waals surface area contributed by atoms with Crippen molar-refractivity contribution in [3.8, 4) is 0 Å². The van der Waals surface area contributed by atoms with E-state index in [1.54, 1.807) is 6.08 Å². The highest BCUT2D eigenvalue weighted by Gasteiger charge is 2.20. The third-order valence-electron chi connectivity index (χ3n) is 2.22. The van der Waals surface area contributed by atoms with E-state index >= 15 is 0 Å². The average Bonchev–Trinajstić information content (AvgIpc) is 2.74. The van der Waals surface area contributed by atoms with E-state index < -0.39 is 0 Å². The summed E-state index contributed by atoms with van der Waals surface area (Å²) < 4.78 is 2.04. The molecule has 1 saturated heterocycles. The average molecular weight is 221 g/mol. The van der Waals surface area contributed by atoms with Gasteiger partial charge in [0.25, 0.3) is 5.91 Å². The molecule has 4 nitrogen and oxygen atoms in total. The Hall–Kier alpha value is -1.62.